The summed E-state index contributed by atoms with van der Waals surface area (Å²) in [6.45, 7) is 3.88. The third kappa shape index (κ3) is 3.56. The Hall–Kier alpha value is -0.890. The number of anilines is 1. The Balaban J connectivity index is 3.12. The van der Waals surface area contributed by atoms with Gasteiger partial charge >= 0.3 is 0 Å². The molecule has 1 aromatic rings. The number of hydrogen-bond acceptors (Lipinski definition) is 5. The lowest BCUT2D eigenvalue weighted by atomic mass is 10.4. The Labute approximate surface area is 118 Å². The molecule has 0 saturated carbocycles. The minimum Gasteiger partial charge on any atom is -0.395 e. The van der Waals surface area contributed by atoms with Crippen molar-refractivity contribution in [2.45, 2.75) is 24.8 Å². The van der Waals surface area contributed by atoms with Gasteiger partial charge in [0.1, 0.15) is 10.7 Å². The van der Waals surface area contributed by atoms with E-state index in [1.165, 1.54) is 19.3 Å². The van der Waals surface area contributed by atoms with Gasteiger partial charge in [-0.2, -0.15) is 4.31 Å². The maximum atomic E-state index is 12.2. The van der Waals surface area contributed by atoms with Crippen LogP contribution < -0.4 is 5.32 Å². The molecule has 0 aromatic carbocycles. The number of sulfonamides is 1. The molecule has 1 rings (SSSR count). The molecule has 19 heavy (non-hydrogen) atoms. The van der Waals surface area contributed by atoms with E-state index in [2.05, 4.69) is 10.3 Å². The summed E-state index contributed by atoms with van der Waals surface area (Å²) in [5, 5.41) is 12.2. The number of aliphatic hydroxyl groups excluding tert-OH is 1. The number of hydrogen-bond donors (Lipinski definition) is 2. The lowest BCUT2D eigenvalue weighted by Crippen LogP contribution is -2.37. The smallest absolute Gasteiger partial charge is 0.244 e. The van der Waals surface area contributed by atoms with E-state index in [1.54, 1.807) is 6.92 Å². The summed E-state index contributed by atoms with van der Waals surface area (Å²) >= 11 is 5.98. The van der Waals surface area contributed by atoms with Gasteiger partial charge in [0.15, 0.2) is 0 Å². The molecular formula is C11H18ClN3O3S. The summed E-state index contributed by atoms with van der Waals surface area (Å²) in [6, 6.07) is 0.833. The molecule has 1 unspecified atom stereocenters. The highest BCUT2D eigenvalue weighted by Crippen LogP contribution is 2.24. The first kappa shape index (κ1) is 16.2. The van der Waals surface area contributed by atoms with Crippen LogP contribution in [0.4, 0.5) is 5.82 Å². The maximum Gasteiger partial charge on any atom is 0.244 e. The zero-order chi connectivity index (χ0) is 14.6. The van der Waals surface area contributed by atoms with Crippen LogP contribution in [0, 0.1) is 0 Å². The molecule has 2 N–H and O–H groups in total. The van der Waals surface area contributed by atoms with Crippen LogP contribution >= 0.6 is 11.6 Å². The molecule has 0 aliphatic rings. The lowest BCUT2D eigenvalue weighted by Gasteiger charge is -2.22. The van der Waals surface area contributed by atoms with Crippen LogP contribution in [0.25, 0.3) is 0 Å². The Bertz CT molecular complexity index is 536. The van der Waals surface area contributed by atoms with E-state index < -0.39 is 16.1 Å². The van der Waals surface area contributed by atoms with Crippen molar-refractivity contribution in [3.63, 3.8) is 0 Å². The number of aliphatic hydroxyl groups is 1. The number of pyridine rings is 1. The molecule has 0 saturated heterocycles. The number of nitrogens with zero attached hydrogens (tertiary/aromatic N) is 2. The van der Waals surface area contributed by atoms with Gasteiger partial charge in [0, 0.05) is 25.8 Å². The standard InChI is InChI=1S/C11H18ClN3O3S/c1-4-13-11-10(12)5-9(6-14-11)19(17,18)15(3)8(2)7-16/h5-6,8,16H,4,7H2,1-3H3,(H,13,14). The van der Waals surface area contributed by atoms with Gasteiger partial charge in [-0.25, -0.2) is 13.4 Å². The van der Waals surface area contributed by atoms with Gasteiger partial charge in [0.25, 0.3) is 0 Å². The summed E-state index contributed by atoms with van der Waals surface area (Å²) < 4.78 is 25.6. The second kappa shape index (κ2) is 6.51. The summed E-state index contributed by atoms with van der Waals surface area (Å²) in [6.07, 6.45) is 1.25. The number of halogens is 1. The van der Waals surface area contributed by atoms with E-state index in [0.29, 0.717) is 12.4 Å². The summed E-state index contributed by atoms with van der Waals surface area (Å²) in [5.41, 5.74) is 0. The van der Waals surface area contributed by atoms with Gasteiger partial charge in [0.05, 0.1) is 11.6 Å². The van der Waals surface area contributed by atoms with Crippen LogP contribution in [-0.4, -0.2) is 49.1 Å². The SMILES string of the molecule is CCNc1ncc(S(=O)(=O)N(C)C(C)CO)cc1Cl. The molecule has 1 aromatic heterocycles. The van der Waals surface area contributed by atoms with Crippen molar-refractivity contribution in [1.29, 1.82) is 0 Å². The Morgan fingerprint density at radius 2 is 2.21 bits per heavy atom. The molecule has 0 amide bonds. The Morgan fingerprint density at radius 1 is 1.58 bits per heavy atom. The molecule has 0 spiro atoms. The highest BCUT2D eigenvalue weighted by Gasteiger charge is 2.26. The van der Waals surface area contributed by atoms with Crippen LogP contribution in [0.3, 0.4) is 0 Å². The highest BCUT2D eigenvalue weighted by atomic mass is 35.5. The van der Waals surface area contributed by atoms with Crippen molar-refractivity contribution >= 4 is 27.4 Å². The average molecular weight is 308 g/mol. The highest BCUT2D eigenvalue weighted by molar-refractivity contribution is 7.89. The molecule has 0 bridgehead atoms. The van der Waals surface area contributed by atoms with Gasteiger partial charge < -0.3 is 10.4 Å². The summed E-state index contributed by atoms with van der Waals surface area (Å²) in [4.78, 5) is 3.99. The number of likely N-dealkylation sites (N-methyl/N-ethyl adjacent to an activating group) is 1. The predicted octanol–water partition coefficient (Wildman–Crippen LogP) is 1.17. The van der Waals surface area contributed by atoms with E-state index in [9.17, 15) is 8.42 Å². The molecule has 0 aliphatic heterocycles. The van der Waals surface area contributed by atoms with Crippen molar-refractivity contribution in [1.82, 2.24) is 9.29 Å². The number of nitrogens with one attached hydrogen (secondary N) is 1. The second-order valence-corrected chi connectivity index (χ2v) is 6.49. The monoisotopic (exact) mass is 307 g/mol. The molecule has 0 radical (unpaired) electrons. The molecule has 108 valence electrons. The summed E-state index contributed by atoms with van der Waals surface area (Å²) in [7, 11) is -2.30. The topological polar surface area (TPSA) is 82.5 Å². The van der Waals surface area contributed by atoms with E-state index in [0.717, 1.165) is 4.31 Å². The molecule has 0 aliphatic carbocycles. The summed E-state index contributed by atoms with van der Waals surface area (Å²) in [5.74, 6) is 0.445. The fourth-order valence-corrected chi connectivity index (χ4v) is 3.00. The number of rotatable bonds is 6. The first-order valence-electron chi connectivity index (χ1n) is 5.82. The Kier molecular flexibility index (Phi) is 5.54. The minimum absolute atomic E-state index is 0.00181. The van der Waals surface area contributed by atoms with Crippen molar-refractivity contribution in [3.05, 3.63) is 17.3 Å². The second-order valence-electron chi connectivity index (χ2n) is 4.08. The molecule has 0 fully saturated rings. The van der Waals surface area contributed by atoms with Crippen LogP contribution in [-0.2, 0) is 10.0 Å². The predicted molar refractivity (Wildman–Crippen MR) is 74.9 cm³/mol. The van der Waals surface area contributed by atoms with E-state index in [4.69, 9.17) is 16.7 Å². The van der Waals surface area contributed by atoms with Crippen LogP contribution in [0.2, 0.25) is 5.02 Å². The van der Waals surface area contributed by atoms with Gasteiger partial charge in [0.2, 0.25) is 10.0 Å². The Morgan fingerprint density at radius 3 is 2.68 bits per heavy atom. The van der Waals surface area contributed by atoms with Crippen molar-refractivity contribution in [2.75, 3.05) is 25.5 Å². The van der Waals surface area contributed by atoms with Crippen molar-refractivity contribution in [3.8, 4) is 0 Å². The lowest BCUT2D eigenvalue weighted by molar-refractivity contribution is 0.214. The zero-order valence-electron chi connectivity index (χ0n) is 11.1. The van der Waals surface area contributed by atoms with Gasteiger partial charge in [-0.05, 0) is 19.9 Å². The third-order valence-electron chi connectivity index (χ3n) is 2.72. The van der Waals surface area contributed by atoms with Crippen LogP contribution in [0.1, 0.15) is 13.8 Å². The van der Waals surface area contributed by atoms with Crippen molar-refractivity contribution < 1.29 is 13.5 Å². The first-order valence-corrected chi connectivity index (χ1v) is 7.64. The molecular weight excluding hydrogens is 290 g/mol. The normalized spacial score (nSPS) is 13.6. The molecule has 1 heterocycles. The molecule has 6 nitrogen and oxygen atoms in total. The zero-order valence-corrected chi connectivity index (χ0v) is 12.7. The quantitative estimate of drug-likeness (QED) is 0.824. The maximum absolute atomic E-state index is 12.2. The third-order valence-corrected chi connectivity index (χ3v) is 4.95. The van der Waals surface area contributed by atoms with Crippen LogP contribution in [0.5, 0.6) is 0 Å². The molecule has 8 heteroatoms. The van der Waals surface area contributed by atoms with Crippen LogP contribution in [0.15, 0.2) is 17.2 Å². The van der Waals surface area contributed by atoms with E-state index in [-0.39, 0.29) is 16.5 Å². The number of aromatic nitrogens is 1. The van der Waals surface area contributed by atoms with E-state index >= 15 is 0 Å². The fraction of sp³-hybridized carbons (Fsp3) is 0.545. The van der Waals surface area contributed by atoms with E-state index in [1.807, 2.05) is 6.92 Å². The fourth-order valence-electron chi connectivity index (χ4n) is 1.38. The molecule has 1 atom stereocenters. The largest absolute Gasteiger partial charge is 0.395 e. The van der Waals surface area contributed by atoms with Crippen molar-refractivity contribution in [2.24, 2.45) is 0 Å². The average Bonchev–Trinajstić information content (AvgIpc) is 2.39. The minimum atomic E-state index is -3.71. The van der Waals surface area contributed by atoms with Gasteiger partial charge in [-0.1, -0.05) is 11.6 Å². The first-order chi connectivity index (χ1) is 8.84. The van der Waals surface area contributed by atoms with Gasteiger partial charge in [-0.15, -0.1) is 0 Å². The van der Waals surface area contributed by atoms with Gasteiger partial charge in [-0.3, -0.25) is 0 Å².